The summed E-state index contributed by atoms with van der Waals surface area (Å²) >= 11 is 0. The van der Waals surface area contributed by atoms with Gasteiger partial charge >= 0.3 is 5.97 Å². The molecule has 78 valence electrons. The minimum absolute atomic E-state index is 0.176. The smallest absolute Gasteiger partial charge is 0.330 e. The number of nitrogens with two attached hydrogens (primary N) is 1. The van der Waals surface area contributed by atoms with Crippen molar-refractivity contribution in [3.8, 4) is 0 Å². The number of aliphatic carboxylic acids is 1. The number of carboxylic acids is 1. The molecule has 0 aromatic heterocycles. The van der Waals surface area contributed by atoms with Crippen molar-refractivity contribution in [1.82, 2.24) is 5.32 Å². The highest BCUT2D eigenvalue weighted by Gasteiger charge is 1.90. The highest BCUT2D eigenvalue weighted by atomic mass is 16.4. The van der Waals surface area contributed by atoms with Crippen LogP contribution in [0.4, 0.5) is 0 Å². The van der Waals surface area contributed by atoms with E-state index in [0.717, 1.165) is 26.1 Å². The van der Waals surface area contributed by atoms with Crippen molar-refractivity contribution in [1.29, 1.82) is 0 Å². The Morgan fingerprint density at radius 1 is 1.62 bits per heavy atom. The van der Waals surface area contributed by atoms with Gasteiger partial charge in [-0.1, -0.05) is 13.5 Å². The maximum Gasteiger partial charge on any atom is 0.330 e. The van der Waals surface area contributed by atoms with Crippen LogP contribution < -0.4 is 11.1 Å². The number of carbonyl (C=O) groups is 1. The van der Waals surface area contributed by atoms with Gasteiger partial charge in [0, 0.05) is 5.57 Å². The topological polar surface area (TPSA) is 75.3 Å². The maximum absolute atomic E-state index is 9.60. The van der Waals surface area contributed by atoms with Gasteiger partial charge in [-0.05, 0) is 33.0 Å². The van der Waals surface area contributed by atoms with Crippen LogP contribution in [0.25, 0.3) is 0 Å². The first-order valence-corrected chi connectivity index (χ1v) is 4.35. The first-order chi connectivity index (χ1) is 6.06. The molecule has 0 aliphatic carbocycles. The van der Waals surface area contributed by atoms with E-state index in [2.05, 4.69) is 18.8 Å². The van der Waals surface area contributed by atoms with E-state index in [4.69, 9.17) is 10.8 Å². The molecule has 4 heteroatoms. The molecule has 0 fully saturated rings. The van der Waals surface area contributed by atoms with Gasteiger partial charge in [-0.15, -0.1) is 0 Å². The van der Waals surface area contributed by atoms with E-state index in [1.807, 2.05) is 0 Å². The number of hydrogen-bond acceptors (Lipinski definition) is 3. The number of carboxylic acid groups (broad SMARTS) is 1. The van der Waals surface area contributed by atoms with E-state index in [9.17, 15) is 4.79 Å². The van der Waals surface area contributed by atoms with Gasteiger partial charge < -0.3 is 16.2 Å². The van der Waals surface area contributed by atoms with E-state index in [1.54, 1.807) is 0 Å². The van der Waals surface area contributed by atoms with Crippen molar-refractivity contribution >= 4 is 5.97 Å². The van der Waals surface area contributed by atoms with Crippen molar-refractivity contribution in [2.45, 2.75) is 20.3 Å². The standard InChI is InChI=1S/C5H14N2.C4H6O2/c1-2-7-5-3-4-6;1-3(2)4(5)6/h7H,2-6H2,1H3;1H2,2H3,(H,5,6). The fraction of sp³-hybridized carbons (Fsp3) is 0.667. The quantitative estimate of drug-likeness (QED) is 0.436. The van der Waals surface area contributed by atoms with E-state index in [-0.39, 0.29) is 5.57 Å². The Bertz CT molecular complexity index is 131. The van der Waals surface area contributed by atoms with Crippen LogP contribution in [0, 0.1) is 0 Å². The third-order valence-electron chi connectivity index (χ3n) is 1.17. The monoisotopic (exact) mass is 188 g/mol. The summed E-state index contributed by atoms with van der Waals surface area (Å²) in [6.45, 7) is 9.61. The van der Waals surface area contributed by atoms with Gasteiger partial charge in [0.2, 0.25) is 0 Å². The summed E-state index contributed by atoms with van der Waals surface area (Å²) in [5.41, 5.74) is 5.41. The molecule has 13 heavy (non-hydrogen) atoms. The fourth-order valence-corrected chi connectivity index (χ4v) is 0.404. The summed E-state index contributed by atoms with van der Waals surface area (Å²) < 4.78 is 0. The first-order valence-electron chi connectivity index (χ1n) is 4.35. The van der Waals surface area contributed by atoms with E-state index >= 15 is 0 Å². The molecule has 0 amide bonds. The van der Waals surface area contributed by atoms with Gasteiger partial charge in [0.15, 0.2) is 0 Å². The molecular weight excluding hydrogens is 168 g/mol. The molecule has 0 aliphatic heterocycles. The Morgan fingerprint density at radius 3 is 2.31 bits per heavy atom. The van der Waals surface area contributed by atoms with Gasteiger partial charge in [0.25, 0.3) is 0 Å². The lowest BCUT2D eigenvalue weighted by Gasteiger charge is -1.95. The molecule has 0 unspecified atom stereocenters. The Hall–Kier alpha value is -0.870. The highest BCUT2D eigenvalue weighted by Crippen LogP contribution is 1.81. The van der Waals surface area contributed by atoms with Crippen LogP contribution in [0.5, 0.6) is 0 Å². The van der Waals surface area contributed by atoms with Crippen LogP contribution in [-0.4, -0.2) is 30.7 Å². The Balaban J connectivity index is 0. The lowest BCUT2D eigenvalue weighted by molar-refractivity contribution is -0.132. The summed E-state index contributed by atoms with van der Waals surface area (Å²) in [5, 5.41) is 11.1. The zero-order chi connectivity index (χ0) is 10.7. The molecule has 0 rings (SSSR count). The molecule has 0 spiro atoms. The lowest BCUT2D eigenvalue weighted by Crippen LogP contribution is -2.17. The second-order valence-corrected chi connectivity index (χ2v) is 2.58. The summed E-state index contributed by atoms with van der Waals surface area (Å²) in [4.78, 5) is 9.60. The molecule has 4 N–H and O–H groups in total. The molecular formula is C9H20N2O2. The normalized spacial score (nSPS) is 8.54. The zero-order valence-corrected chi connectivity index (χ0v) is 8.47. The minimum Gasteiger partial charge on any atom is -0.478 e. The summed E-state index contributed by atoms with van der Waals surface area (Å²) in [6.07, 6.45) is 1.09. The number of nitrogens with one attached hydrogen (secondary N) is 1. The molecule has 0 aromatic carbocycles. The fourth-order valence-electron chi connectivity index (χ4n) is 0.404. The molecule has 0 atom stereocenters. The van der Waals surface area contributed by atoms with Crippen molar-refractivity contribution in [3.05, 3.63) is 12.2 Å². The molecule has 4 nitrogen and oxygen atoms in total. The molecule has 0 saturated heterocycles. The highest BCUT2D eigenvalue weighted by molar-refractivity contribution is 5.84. The van der Waals surface area contributed by atoms with E-state index < -0.39 is 5.97 Å². The van der Waals surface area contributed by atoms with Crippen molar-refractivity contribution in [2.75, 3.05) is 19.6 Å². The van der Waals surface area contributed by atoms with Crippen LogP contribution >= 0.6 is 0 Å². The summed E-state index contributed by atoms with van der Waals surface area (Å²) in [7, 11) is 0. The van der Waals surface area contributed by atoms with Crippen molar-refractivity contribution < 1.29 is 9.90 Å². The Labute approximate surface area is 79.8 Å². The van der Waals surface area contributed by atoms with Crippen LogP contribution in [0.2, 0.25) is 0 Å². The predicted octanol–water partition coefficient (Wildman–Crippen LogP) is 0.592. The van der Waals surface area contributed by atoms with E-state index in [1.165, 1.54) is 6.92 Å². The minimum atomic E-state index is -0.935. The van der Waals surface area contributed by atoms with Gasteiger partial charge in [-0.2, -0.15) is 0 Å². The molecule has 0 saturated carbocycles. The average molecular weight is 188 g/mol. The lowest BCUT2D eigenvalue weighted by atomic mass is 10.4. The Kier molecular flexibility index (Phi) is 12.5. The van der Waals surface area contributed by atoms with Crippen molar-refractivity contribution in [3.63, 3.8) is 0 Å². The zero-order valence-electron chi connectivity index (χ0n) is 8.47. The molecule has 0 radical (unpaired) electrons. The second-order valence-electron chi connectivity index (χ2n) is 2.58. The second kappa shape index (κ2) is 11.1. The summed E-state index contributed by atoms with van der Waals surface area (Å²) in [6, 6.07) is 0. The van der Waals surface area contributed by atoms with Gasteiger partial charge in [0.05, 0.1) is 0 Å². The maximum atomic E-state index is 9.60. The largest absolute Gasteiger partial charge is 0.478 e. The molecule has 0 bridgehead atoms. The first kappa shape index (κ1) is 14.6. The third-order valence-corrected chi connectivity index (χ3v) is 1.17. The van der Waals surface area contributed by atoms with Crippen LogP contribution in [0.1, 0.15) is 20.3 Å². The molecule has 0 aromatic rings. The van der Waals surface area contributed by atoms with E-state index in [0.29, 0.717) is 0 Å². The third kappa shape index (κ3) is 18.2. The van der Waals surface area contributed by atoms with Crippen LogP contribution in [-0.2, 0) is 4.79 Å². The Morgan fingerprint density at radius 2 is 2.08 bits per heavy atom. The van der Waals surface area contributed by atoms with Gasteiger partial charge in [0.1, 0.15) is 0 Å². The number of hydrogen-bond donors (Lipinski definition) is 3. The van der Waals surface area contributed by atoms with Crippen LogP contribution in [0.3, 0.4) is 0 Å². The molecule has 0 aliphatic rings. The SMILES string of the molecule is C=C(C)C(=O)O.CCNCCCN. The summed E-state index contributed by atoms with van der Waals surface area (Å²) in [5.74, 6) is -0.935. The van der Waals surface area contributed by atoms with Crippen LogP contribution in [0.15, 0.2) is 12.2 Å². The predicted molar refractivity (Wildman–Crippen MR) is 54.7 cm³/mol. The van der Waals surface area contributed by atoms with Gasteiger partial charge in [-0.3, -0.25) is 0 Å². The number of rotatable bonds is 5. The molecule has 0 heterocycles. The average Bonchev–Trinajstić information content (AvgIpc) is 2.06. The van der Waals surface area contributed by atoms with Crippen molar-refractivity contribution in [2.24, 2.45) is 5.73 Å². The van der Waals surface area contributed by atoms with Gasteiger partial charge in [-0.25, -0.2) is 4.79 Å².